The van der Waals surface area contributed by atoms with Crippen molar-refractivity contribution in [3.05, 3.63) is 188 Å². The van der Waals surface area contributed by atoms with E-state index in [0.717, 1.165) is 101 Å². The summed E-state index contributed by atoms with van der Waals surface area (Å²) in [6, 6.07) is 26.4. The first-order valence-electron chi connectivity index (χ1n) is 30.7. The van der Waals surface area contributed by atoms with Crippen molar-refractivity contribution in [1.29, 1.82) is 0 Å². The summed E-state index contributed by atoms with van der Waals surface area (Å²) < 4.78 is 28.2. The van der Waals surface area contributed by atoms with Crippen molar-refractivity contribution in [2.24, 2.45) is 5.73 Å². The van der Waals surface area contributed by atoms with Crippen LogP contribution in [0.2, 0.25) is 30.1 Å². The van der Waals surface area contributed by atoms with Crippen molar-refractivity contribution >= 4 is 105 Å². The van der Waals surface area contributed by atoms with Gasteiger partial charge in [0, 0.05) is 38.5 Å². The number of hydrogen-bond donors (Lipinski definition) is 5. The van der Waals surface area contributed by atoms with E-state index in [1.54, 1.807) is 80.6 Å². The number of carboxylic acids is 2. The molecular formula is C70H73Cl6N3O13. The number of aryl methyl sites for hydroxylation is 3. The molecule has 6 aliphatic carbocycles. The third-order valence-electron chi connectivity index (χ3n) is 17.5. The molecule has 0 radical (unpaired) electrons. The van der Waals surface area contributed by atoms with Crippen LogP contribution >= 0.6 is 69.6 Å². The standard InChI is InChI=1S/C24H25Cl2NO4.C22H21Cl2NO4.C12H13Cl2NO2.C12H14O3/c1-3-30-23(29)24(12-15-10-19(25)20(26)11-16(15)13-24)27-22(28)18-9-4-6-14(2)21(18)31-17-7-5-8-17;1-12-4-2-7-16(19(12)29-15-5-3-6-15)20(26)25-22(21(27)28)10-13-8-17(23)18(24)9-14(13)11-22;1-2-17-11(16)12(15)5-7-3-9(13)10(14)4-8(7)6-12;1-8-4-2-7-10(12(13)14)11(8)15-9-5-3-6-9/h4,6,9-11,17H,3,5,7-8,12-13H2,1-2H3,(H,27,28);2,4,7-9,15H,3,5-6,10-11H2,1H3,(H,25,26)(H,27,28);3-4H,2,5-6,15H2,1H3;2,4,7,9H,3,5-6H2,1H3,(H,13,14). The van der Waals surface area contributed by atoms with E-state index in [0.29, 0.717) is 78.0 Å². The summed E-state index contributed by atoms with van der Waals surface area (Å²) in [6.07, 6.45) is 11.6. The van der Waals surface area contributed by atoms with Crippen molar-refractivity contribution in [3.8, 4) is 17.2 Å². The van der Waals surface area contributed by atoms with Gasteiger partial charge in [-0.3, -0.25) is 14.4 Å². The Hall–Kier alpha value is -6.76. The fraction of sp³-hybridized carbons (Fsp3) is 0.400. The highest BCUT2D eigenvalue weighted by molar-refractivity contribution is 6.43. The number of para-hydroxylation sites is 3. The lowest BCUT2D eigenvalue weighted by Crippen LogP contribution is -2.56. The van der Waals surface area contributed by atoms with Crippen LogP contribution in [-0.4, -0.2) is 94.0 Å². The van der Waals surface area contributed by atoms with Crippen molar-refractivity contribution < 1.29 is 62.7 Å². The van der Waals surface area contributed by atoms with Crippen molar-refractivity contribution in [2.45, 2.75) is 166 Å². The average Bonchev–Trinajstić information content (AvgIpc) is 1.61. The molecule has 6 aromatic carbocycles. The zero-order valence-corrected chi connectivity index (χ0v) is 56.2. The van der Waals surface area contributed by atoms with E-state index in [1.807, 2.05) is 45.0 Å². The first-order valence-corrected chi connectivity index (χ1v) is 33.0. The molecule has 0 aliphatic heterocycles. The van der Waals surface area contributed by atoms with Gasteiger partial charge in [0.15, 0.2) is 0 Å². The Morgan fingerprint density at radius 1 is 0.457 bits per heavy atom. The topological polar surface area (TPSA) is 239 Å². The summed E-state index contributed by atoms with van der Waals surface area (Å²) in [7, 11) is 0. The van der Waals surface area contributed by atoms with Crippen LogP contribution < -0.4 is 30.6 Å². The number of aromatic carboxylic acids is 1. The first-order chi connectivity index (χ1) is 43.8. The molecule has 3 fully saturated rings. The Labute approximate surface area is 564 Å². The normalized spacial score (nSPS) is 16.8. The van der Waals surface area contributed by atoms with Crippen molar-refractivity contribution in [3.63, 3.8) is 0 Å². The van der Waals surface area contributed by atoms with Crippen LogP contribution in [0.25, 0.3) is 0 Å². The molecule has 92 heavy (non-hydrogen) atoms. The lowest BCUT2D eigenvalue weighted by atomic mass is 9.94. The third-order valence-corrected chi connectivity index (χ3v) is 19.7. The third kappa shape index (κ3) is 15.7. The monoisotopic (exact) mass is 1370 g/mol. The lowest BCUT2D eigenvalue weighted by Gasteiger charge is -2.30. The van der Waals surface area contributed by atoms with Gasteiger partial charge in [-0.05, 0) is 197 Å². The summed E-state index contributed by atoms with van der Waals surface area (Å²) in [5.41, 5.74) is 11.3. The van der Waals surface area contributed by atoms with Gasteiger partial charge in [-0.2, -0.15) is 0 Å². The predicted octanol–water partition coefficient (Wildman–Crippen LogP) is 14.6. The van der Waals surface area contributed by atoms with Gasteiger partial charge >= 0.3 is 23.9 Å². The largest absolute Gasteiger partial charge is 0.489 e. The molecule has 0 unspecified atom stereocenters. The van der Waals surface area contributed by atoms with E-state index < -0.39 is 40.4 Å². The van der Waals surface area contributed by atoms with E-state index in [1.165, 1.54) is 6.42 Å². The number of fused-ring (bicyclic) bond motifs is 3. The number of ether oxygens (including phenoxy) is 5. The number of rotatable bonds is 16. The minimum atomic E-state index is -1.45. The van der Waals surface area contributed by atoms with Crippen LogP contribution in [0.15, 0.2) is 91.0 Å². The molecule has 0 heterocycles. The summed E-state index contributed by atoms with van der Waals surface area (Å²) in [4.78, 5) is 74.6. The maximum absolute atomic E-state index is 13.4. The van der Waals surface area contributed by atoms with E-state index in [-0.39, 0.29) is 68.0 Å². The maximum Gasteiger partial charge on any atom is 0.339 e. The molecule has 0 atom stereocenters. The zero-order valence-electron chi connectivity index (χ0n) is 51.6. The van der Waals surface area contributed by atoms with Gasteiger partial charge < -0.3 is 50.3 Å². The zero-order chi connectivity index (χ0) is 66.4. The van der Waals surface area contributed by atoms with E-state index in [2.05, 4.69) is 10.6 Å². The van der Waals surface area contributed by atoms with Crippen molar-refractivity contribution in [1.82, 2.24) is 10.6 Å². The average molecular weight is 1380 g/mol. The minimum Gasteiger partial charge on any atom is -0.489 e. The number of hydrogen-bond acceptors (Lipinski definition) is 12. The summed E-state index contributed by atoms with van der Waals surface area (Å²) >= 11 is 36.4. The molecule has 2 amide bonds. The van der Waals surface area contributed by atoms with E-state index in [9.17, 15) is 33.9 Å². The van der Waals surface area contributed by atoms with Gasteiger partial charge in [0.1, 0.15) is 39.4 Å². The van der Waals surface area contributed by atoms with Crippen LogP contribution in [0.5, 0.6) is 17.2 Å². The smallest absolute Gasteiger partial charge is 0.339 e. The Kier molecular flexibility index (Phi) is 22.4. The highest BCUT2D eigenvalue weighted by Gasteiger charge is 2.49. The van der Waals surface area contributed by atoms with Crippen LogP contribution in [0.4, 0.5) is 0 Å². The quantitative estimate of drug-likeness (QED) is 0.0567. The predicted molar refractivity (Wildman–Crippen MR) is 355 cm³/mol. The molecule has 0 saturated heterocycles. The van der Waals surface area contributed by atoms with Crippen LogP contribution in [0, 0.1) is 20.8 Å². The van der Waals surface area contributed by atoms with Gasteiger partial charge in [-0.15, -0.1) is 0 Å². The Balaban J connectivity index is 0.000000151. The molecule has 6 N–H and O–H groups in total. The number of esters is 2. The van der Waals surface area contributed by atoms with Gasteiger partial charge in [-0.25, -0.2) is 14.4 Å². The molecule has 12 rings (SSSR count). The number of carboxylic acid groups (broad SMARTS) is 2. The Morgan fingerprint density at radius 3 is 1.05 bits per heavy atom. The second kappa shape index (κ2) is 29.7. The SMILES string of the molecule is CCOC(=O)C1(N)Cc2cc(Cl)c(Cl)cc2C1.CCOC(=O)C1(NC(=O)c2cccc(C)c2OC2CCC2)Cc2cc(Cl)c(Cl)cc2C1.Cc1cccc(C(=O)NC2(C(=O)O)Cc3cc(Cl)c(Cl)cc3C2)c1OC1CCC1.Cc1cccc(C(=O)O)c1OC1CCC1. The molecule has 6 aromatic rings. The number of halogens is 6. The van der Waals surface area contributed by atoms with Gasteiger partial charge in [0.25, 0.3) is 11.8 Å². The second-order valence-electron chi connectivity index (χ2n) is 24.3. The number of carbonyl (C=O) groups excluding carboxylic acids is 4. The van der Waals surface area contributed by atoms with Gasteiger partial charge in [-0.1, -0.05) is 106 Å². The van der Waals surface area contributed by atoms with Crippen LogP contribution in [0.3, 0.4) is 0 Å². The highest BCUT2D eigenvalue weighted by Crippen LogP contribution is 2.41. The van der Waals surface area contributed by atoms with E-state index >= 15 is 0 Å². The highest BCUT2D eigenvalue weighted by atomic mass is 35.5. The molecule has 6 aliphatic rings. The number of carbonyl (C=O) groups is 6. The Morgan fingerprint density at radius 2 is 0.750 bits per heavy atom. The van der Waals surface area contributed by atoms with Gasteiger partial charge in [0.2, 0.25) is 0 Å². The molecule has 0 aromatic heterocycles. The fourth-order valence-corrected chi connectivity index (χ4v) is 12.9. The van der Waals surface area contributed by atoms with Crippen LogP contribution in [0.1, 0.15) is 153 Å². The summed E-state index contributed by atoms with van der Waals surface area (Å²) in [5.74, 6) is -2.05. The number of nitrogens with two attached hydrogens (primary N) is 1. The summed E-state index contributed by atoms with van der Waals surface area (Å²) in [6.45, 7) is 9.73. The summed E-state index contributed by atoms with van der Waals surface area (Å²) in [5, 5.41) is 27.3. The Bertz CT molecular complexity index is 3730. The minimum absolute atomic E-state index is 0.108. The van der Waals surface area contributed by atoms with Crippen LogP contribution in [-0.2, 0) is 62.4 Å². The molecule has 3 saturated carbocycles. The molecule has 0 bridgehead atoms. The molecular weight excluding hydrogens is 1300 g/mol. The first kappa shape index (κ1) is 69.6. The number of aliphatic carboxylic acids is 1. The lowest BCUT2D eigenvalue weighted by molar-refractivity contribution is -0.150. The fourth-order valence-electron chi connectivity index (χ4n) is 11.8. The number of benzene rings is 6. The van der Waals surface area contributed by atoms with Crippen molar-refractivity contribution in [2.75, 3.05) is 13.2 Å². The van der Waals surface area contributed by atoms with E-state index in [4.69, 9.17) is 104 Å². The number of amides is 2. The van der Waals surface area contributed by atoms with Gasteiger partial charge in [0.05, 0.1) is 72.8 Å². The number of nitrogens with one attached hydrogen (secondary N) is 2. The molecule has 0 spiro atoms. The molecule has 22 heteroatoms. The maximum atomic E-state index is 13.4. The molecule has 488 valence electrons. The second-order valence-corrected chi connectivity index (χ2v) is 26.8. The molecule has 16 nitrogen and oxygen atoms in total.